The van der Waals surface area contributed by atoms with Crippen molar-refractivity contribution >= 4 is 0 Å². The van der Waals surface area contributed by atoms with Crippen LogP contribution in [-0.2, 0) is 5.41 Å². The molecule has 0 atom stereocenters. The standard InChI is InChI=1S/C7H11N3/c1-2-7(3-4-7)6-8-5-9-10-6/h5H,2-4H2,1H3,(H,8,9,10). The van der Waals surface area contributed by atoms with Crippen molar-refractivity contribution in [1.29, 1.82) is 0 Å². The van der Waals surface area contributed by atoms with E-state index < -0.39 is 0 Å². The van der Waals surface area contributed by atoms with Gasteiger partial charge in [-0.1, -0.05) is 6.92 Å². The molecule has 3 nitrogen and oxygen atoms in total. The third-order valence-electron chi connectivity index (χ3n) is 2.42. The van der Waals surface area contributed by atoms with E-state index in [9.17, 15) is 0 Å². The van der Waals surface area contributed by atoms with Gasteiger partial charge >= 0.3 is 0 Å². The summed E-state index contributed by atoms with van der Waals surface area (Å²) in [6.07, 6.45) is 5.36. The molecule has 54 valence electrons. The molecule has 0 amide bonds. The van der Waals surface area contributed by atoms with E-state index in [0.717, 1.165) is 5.82 Å². The van der Waals surface area contributed by atoms with Gasteiger partial charge in [0, 0.05) is 5.41 Å². The molecule has 0 radical (unpaired) electrons. The lowest BCUT2D eigenvalue weighted by molar-refractivity contribution is 0.618. The summed E-state index contributed by atoms with van der Waals surface area (Å²) in [4.78, 5) is 4.15. The minimum Gasteiger partial charge on any atom is -0.266 e. The number of aromatic amines is 1. The van der Waals surface area contributed by atoms with Crippen LogP contribution in [-0.4, -0.2) is 15.2 Å². The smallest absolute Gasteiger partial charge is 0.156 e. The lowest BCUT2D eigenvalue weighted by Gasteiger charge is -2.04. The molecule has 1 N–H and O–H groups in total. The van der Waals surface area contributed by atoms with Gasteiger partial charge in [-0.2, -0.15) is 5.10 Å². The number of nitrogens with zero attached hydrogens (tertiary/aromatic N) is 2. The molecule has 2 rings (SSSR count). The fourth-order valence-corrected chi connectivity index (χ4v) is 1.35. The highest BCUT2D eigenvalue weighted by molar-refractivity contribution is 5.15. The van der Waals surface area contributed by atoms with Gasteiger partial charge in [0.25, 0.3) is 0 Å². The third-order valence-corrected chi connectivity index (χ3v) is 2.42. The van der Waals surface area contributed by atoms with Crippen LogP contribution in [0.1, 0.15) is 32.0 Å². The molecule has 1 heterocycles. The number of nitrogens with one attached hydrogen (secondary N) is 1. The van der Waals surface area contributed by atoms with E-state index >= 15 is 0 Å². The molecule has 1 fully saturated rings. The Morgan fingerprint density at radius 2 is 2.50 bits per heavy atom. The van der Waals surface area contributed by atoms with Crippen LogP contribution in [0.25, 0.3) is 0 Å². The van der Waals surface area contributed by atoms with Gasteiger partial charge in [0.1, 0.15) is 6.33 Å². The number of hydrogen-bond donors (Lipinski definition) is 1. The molecule has 1 aliphatic carbocycles. The summed E-state index contributed by atoms with van der Waals surface area (Å²) >= 11 is 0. The predicted molar refractivity (Wildman–Crippen MR) is 37.6 cm³/mol. The fraction of sp³-hybridized carbons (Fsp3) is 0.714. The van der Waals surface area contributed by atoms with Crippen molar-refractivity contribution in [2.75, 3.05) is 0 Å². The maximum Gasteiger partial charge on any atom is 0.156 e. The topological polar surface area (TPSA) is 41.6 Å². The molecule has 0 spiro atoms. The van der Waals surface area contributed by atoms with Gasteiger partial charge in [-0.15, -0.1) is 0 Å². The van der Waals surface area contributed by atoms with Crippen LogP contribution < -0.4 is 0 Å². The highest BCUT2D eigenvalue weighted by Crippen LogP contribution is 2.48. The van der Waals surface area contributed by atoms with Gasteiger partial charge in [0.2, 0.25) is 0 Å². The van der Waals surface area contributed by atoms with Gasteiger partial charge in [-0.25, -0.2) is 4.98 Å². The molecule has 10 heavy (non-hydrogen) atoms. The van der Waals surface area contributed by atoms with E-state index in [1.165, 1.54) is 19.3 Å². The lowest BCUT2D eigenvalue weighted by Crippen LogP contribution is -2.06. The first-order valence-electron chi connectivity index (χ1n) is 3.74. The zero-order valence-electron chi connectivity index (χ0n) is 6.09. The third kappa shape index (κ3) is 0.664. The maximum atomic E-state index is 4.15. The van der Waals surface area contributed by atoms with Gasteiger partial charge in [-0.3, -0.25) is 5.10 Å². The molecular formula is C7H11N3. The Bertz CT molecular complexity index is 211. The molecular weight excluding hydrogens is 126 g/mol. The van der Waals surface area contributed by atoms with Crippen LogP contribution in [0.5, 0.6) is 0 Å². The summed E-state index contributed by atoms with van der Waals surface area (Å²) in [7, 11) is 0. The molecule has 0 aromatic carbocycles. The van der Waals surface area contributed by atoms with E-state index in [1.807, 2.05) is 0 Å². The first kappa shape index (κ1) is 5.89. The second-order valence-corrected chi connectivity index (χ2v) is 2.96. The predicted octanol–water partition coefficient (Wildman–Crippen LogP) is 1.25. The van der Waals surface area contributed by atoms with Crippen molar-refractivity contribution in [2.24, 2.45) is 0 Å². The molecule has 0 aliphatic heterocycles. The van der Waals surface area contributed by atoms with Gasteiger partial charge < -0.3 is 0 Å². The number of aromatic nitrogens is 3. The SMILES string of the molecule is CCC1(c2nc[nH]n2)CC1. The van der Waals surface area contributed by atoms with Crippen molar-refractivity contribution in [3.8, 4) is 0 Å². The summed E-state index contributed by atoms with van der Waals surface area (Å²) in [6, 6.07) is 0. The quantitative estimate of drug-likeness (QED) is 0.666. The van der Waals surface area contributed by atoms with E-state index in [2.05, 4.69) is 22.1 Å². The highest BCUT2D eigenvalue weighted by atomic mass is 15.2. The van der Waals surface area contributed by atoms with Crippen molar-refractivity contribution in [1.82, 2.24) is 15.2 Å². The Hall–Kier alpha value is -0.860. The van der Waals surface area contributed by atoms with Crippen LogP contribution in [0.2, 0.25) is 0 Å². The Labute approximate surface area is 59.9 Å². The minimum absolute atomic E-state index is 0.361. The van der Waals surface area contributed by atoms with Crippen LogP contribution in [0, 0.1) is 0 Å². The molecule has 1 saturated carbocycles. The Morgan fingerprint density at radius 3 is 2.90 bits per heavy atom. The average Bonchev–Trinajstić information content (AvgIpc) is 2.58. The molecule has 0 bridgehead atoms. The maximum absolute atomic E-state index is 4.15. The Balaban J connectivity index is 2.27. The van der Waals surface area contributed by atoms with Crippen molar-refractivity contribution < 1.29 is 0 Å². The summed E-state index contributed by atoms with van der Waals surface area (Å²) in [6.45, 7) is 2.20. The van der Waals surface area contributed by atoms with Crippen LogP contribution >= 0.6 is 0 Å². The van der Waals surface area contributed by atoms with Crippen LogP contribution in [0.15, 0.2) is 6.33 Å². The Kier molecular flexibility index (Phi) is 1.07. The second-order valence-electron chi connectivity index (χ2n) is 2.96. The molecule has 1 aromatic rings. The summed E-state index contributed by atoms with van der Waals surface area (Å²) in [5.74, 6) is 1.01. The van der Waals surface area contributed by atoms with Crippen LogP contribution in [0.4, 0.5) is 0 Å². The monoisotopic (exact) mass is 137 g/mol. The van der Waals surface area contributed by atoms with E-state index in [4.69, 9.17) is 0 Å². The molecule has 3 heteroatoms. The van der Waals surface area contributed by atoms with Crippen molar-refractivity contribution in [3.05, 3.63) is 12.2 Å². The first-order chi connectivity index (χ1) is 4.87. The number of H-pyrrole nitrogens is 1. The first-order valence-corrected chi connectivity index (χ1v) is 3.74. The van der Waals surface area contributed by atoms with Crippen molar-refractivity contribution in [3.63, 3.8) is 0 Å². The van der Waals surface area contributed by atoms with Gasteiger partial charge in [0.05, 0.1) is 0 Å². The van der Waals surface area contributed by atoms with Gasteiger partial charge in [-0.05, 0) is 19.3 Å². The normalized spacial score (nSPS) is 20.9. The lowest BCUT2D eigenvalue weighted by atomic mass is 10.0. The fourth-order valence-electron chi connectivity index (χ4n) is 1.35. The van der Waals surface area contributed by atoms with Crippen molar-refractivity contribution in [2.45, 2.75) is 31.6 Å². The zero-order valence-corrected chi connectivity index (χ0v) is 6.09. The molecule has 0 saturated heterocycles. The largest absolute Gasteiger partial charge is 0.266 e. The average molecular weight is 137 g/mol. The summed E-state index contributed by atoms with van der Waals surface area (Å²) in [5.41, 5.74) is 0.361. The highest BCUT2D eigenvalue weighted by Gasteiger charge is 2.45. The number of hydrogen-bond acceptors (Lipinski definition) is 2. The van der Waals surface area contributed by atoms with E-state index in [-0.39, 0.29) is 0 Å². The van der Waals surface area contributed by atoms with E-state index in [1.54, 1.807) is 6.33 Å². The minimum atomic E-state index is 0.361. The van der Waals surface area contributed by atoms with E-state index in [0.29, 0.717) is 5.41 Å². The molecule has 0 unspecified atom stereocenters. The summed E-state index contributed by atoms with van der Waals surface area (Å²) < 4.78 is 0. The Morgan fingerprint density at radius 1 is 1.70 bits per heavy atom. The summed E-state index contributed by atoms with van der Waals surface area (Å²) in [5, 5.41) is 6.83. The molecule has 1 aromatic heterocycles. The molecule has 1 aliphatic rings. The zero-order chi connectivity index (χ0) is 7.03. The second kappa shape index (κ2) is 1.81. The van der Waals surface area contributed by atoms with Crippen LogP contribution in [0.3, 0.4) is 0 Å². The number of rotatable bonds is 2. The van der Waals surface area contributed by atoms with Gasteiger partial charge in [0.15, 0.2) is 5.82 Å².